The first-order valence-electron chi connectivity index (χ1n) is 9.49. The minimum Gasteiger partial charge on any atom is -0.497 e. The van der Waals surface area contributed by atoms with Gasteiger partial charge in [-0.3, -0.25) is 9.59 Å². The third-order valence-corrected chi connectivity index (χ3v) is 4.15. The Morgan fingerprint density at radius 2 is 1.27 bits per heavy atom. The van der Waals surface area contributed by atoms with Gasteiger partial charge in [-0.1, -0.05) is 0 Å². The Kier molecular flexibility index (Phi) is 9.05. The van der Waals surface area contributed by atoms with Crippen LogP contribution in [0.25, 0.3) is 0 Å². The van der Waals surface area contributed by atoms with Crippen LogP contribution in [-0.4, -0.2) is 43.6 Å². The van der Waals surface area contributed by atoms with Gasteiger partial charge in [-0.15, -0.1) is 5.12 Å². The van der Waals surface area contributed by atoms with E-state index in [2.05, 4.69) is 10.2 Å². The SMILES string of the molecule is COc1ccc(C=NN(N=Cc2ccc(OC)cc2)C(=O)CCCCC(N)=O)cc1. The number of primary amides is 1. The maximum atomic E-state index is 12.6. The molecule has 2 aromatic rings. The van der Waals surface area contributed by atoms with Gasteiger partial charge in [0, 0.05) is 12.8 Å². The van der Waals surface area contributed by atoms with Gasteiger partial charge in [0.05, 0.1) is 26.6 Å². The molecule has 2 amide bonds. The number of nitrogens with zero attached hydrogens (tertiary/aromatic N) is 3. The molecule has 0 aliphatic heterocycles. The number of carbonyl (C=O) groups excluding carboxylic acids is 2. The highest BCUT2D eigenvalue weighted by Crippen LogP contribution is 2.12. The fraction of sp³-hybridized carbons (Fsp3) is 0.273. The fourth-order valence-corrected chi connectivity index (χ4v) is 2.46. The van der Waals surface area contributed by atoms with E-state index in [1.54, 1.807) is 50.9 Å². The van der Waals surface area contributed by atoms with Crippen LogP contribution in [0.15, 0.2) is 58.7 Å². The molecule has 158 valence electrons. The number of rotatable bonds is 11. The summed E-state index contributed by atoms with van der Waals surface area (Å²) in [6, 6.07) is 14.5. The van der Waals surface area contributed by atoms with E-state index in [9.17, 15) is 9.59 Å². The Labute approximate surface area is 176 Å². The number of hydrogen-bond acceptors (Lipinski definition) is 6. The van der Waals surface area contributed by atoms with Crippen LogP contribution in [0.2, 0.25) is 0 Å². The van der Waals surface area contributed by atoms with Crippen molar-refractivity contribution < 1.29 is 19.1 Å². The molecular formula is C22H26N4O4. The fourth-order valence-electron chi connectivity index (χ4n) is 2.46. The van der Waals surface area contributed by atoms with Gasteiger partial charge >= 0.3 is 0 Å². The highest BCUT2D eigenvalue weighted by molar-refractivity contribution is 5.85. The van der Waals surface area contributed by atoms with Crippen molar-refractivity contribution in [1.29, 1.82) is 0 Å². The van der Waals surface area contributed by atoms with Crippen molar-refractivity contribution in [3.05, 3.63) is 59.7 Å². The largest absolute Gasteiger partial charge is 0.497 e. The first-order valence-corrected chi connectivity index (χ1v) is 9.49. The highest BCUT2D eigenvalue weighted by atomic mass is 16.5. The van der Waals surface area contributed by atoms with Crippen LogP contribution < -0.4 is 15.2 Å². The summed E-state index contributed by atoms with van der Waals surface area (Å²) in [5.74, 6) is 0.794. The molecule has 0 fully saturated rings. The normalized spacial score (nSPS) is 11.0. The summed E-state index contributed by atoms with van der Waals surface area (Å²) >= 11 is 0. The standard InChI is InChI=1S/C22H26N4O4/c1-29-19-11-7-17(8-12-19)15-24-26(22(28)6-4-3-5-21(23)27)25-16-18-9-13-20(30-2)14-10-18/h7-16H,3-6H2,1-2H3,(H2,23,27). The molecule has 2 N–H and O–H groups in total. The number of methoxy groups -OCH3 is 2. The Balaban J connectivity index is 2.10. The van der Waals surface area contributed by atoms with Crippen molar-refractivity contribution in [3.63, 3.8) is 0 Å². The van der Waals surface area contributed by atoms with Crippen LogP contribution in [0.5, 0.6) is 11.5 Å². The van der Waals surface area contributed by atoms with E-state index in [0.717, 1.165) is 27.7 Å². The summed E-state index contributed by atoms with van der Waals surface area (Å²) in [7, 11) is 3.19. The van der Waals surface area contributed by atoms with Crippen LogP contribution in [0.3, 0.4) is 0 Å². The number of unbranched alkanes of at least 4 members (excludes halogenated alkanes) is 1. The van der Waals surface area contributed by atoms with Gasteiger partial charge in [-0.05, 0) is 72.5 Å². The Bertz CT molecular complexity index is 820. The van der Waals surface area contributed by atoms with Crippen LogP contribution >= 0.6 is 0 Å². The molecule has 0 unspecified atom stereocenters. The number of benzene rings is 2. The van der Waals surface area contributed by atoms with Crippen LogP contribution in [0.4, 0.5) is 0 Å². The van der Waals surface area contributed by atoms with Gasteiger partial charge in [0.25, 0.3) is 5.91 Å². The Morgan fingerprint density at radius 3 is 1.67 bits per heavy atom. The molecule has 30 heavy (non-hydrogen) atoms. The number of carbonyl (C=O) groups is 2. The molecule has 0 atom stereocenters. The van der Waals surface area contributed by atoms with Crippen molar-refractivity contribution in [1.82, 2.24) is 5.12 Å². The molecule has 2 aromatic carbocycles. The first-order chi connectivity index (χ1) is 14.5. The molecule has 0 spiro atoms. The van der Waals surface area contributed by atoms with Crippen LogP contribution in [0, 0.1) is 0 Å². The second-order valence-corrected chi connectivity index (χ2v) is 6.39. The summed E-state index contributed by atoms with van der Waals surface area (Å²) in [5, 5.41) is 9.49. The second kappa shape index (κ2) is 12.0. The number of hydrogen-bond donors (Lipinski definition) is 1. The summed E-state index contributed by atoms with van der Waals surface area (Å²) in [5.41, 5.74) is 6.72. The summed E-state index contributed by atoms with van der Waals surface area (Å²) in [4.78, 5) is 23.4. The number of ether oxygens (including phenoxy) is 2. The van der Waals surface area contributed by atoms with E-state index in [1.165, 1.54) is 0 Å². The zero-order valence-corrected chi connectivity index (χ0v) is 17.2. The smallest absolute Gasteiger partial charge is 0.264 e. The van der Waals surface area contributed by atoms with Crippen molar-refractivity contribution in [3.8, 4) is 11.5 Å². The molecule has 0 radical (unpaired) electrons. The average Bonchev–Trinajstić information content (AvgIpc) is 2.77. The minimum atomic E-state index is -0.380. The minimum absolute atomic E-state index is 0.202. The van der Waals surface area contributed by atoms with E-state index < -0.39 is 0 Å². The predicted octanol–water partition coefficient (Wildman–Crippen LogP) is 2.95. The molecule has 0 saturated heterocycles. The molecular weight excluding hydrogens is 384 g/mol. The average molecular weight is 410 g/mol. The quantitative estimate of drug-likeness (QED) is 0.349. The maximum absolute atomic E-state index is 12.6. The van der Waals surface area contributed by atoms with Crippen molar-refractivity contribution in [2.24, 2.45) is 15.9 Å². The molecule has 0 aliphatic rings. The lowest BCUT2D eigenvalue weighted by Gasteiger charge is -2.11. The molecule has 0 aliphatic carbocycles. The lowest BCUT2D eigenvalue weighted by atomic mass is 10.2. The number of hydrazone groups is 2. The van der Waals surface area contributed by atoms with Gasteiger partial charge in [0.15, 0.2) is 0 Å². The highest BCUT2D eigenvalue weighted by Gasteiger charge is 2.11. The van der Waals surface area contributed by atoms with Gasteiger partial charge in [-0.2, -0.15) is 10.2 Å². The van der Waals surface area contributed by atoms with Crippen molar-refractivity contribution in [2.45, 2.75) is 25.7 Å². The lowest BCUT2D eigenvalue weighted by molar-refractivity contribution is -0.131. The van der Waals surface area contributed by atoms with Crippen LogP contribution in [0.1, 0.15) is 36.8 Å². The summed E-state index contributed by atoms with van der Waals surface area (Å²) < 4.78 is 10.3. The Hall–Kier alpha value is -3.68. The van der Waals surface area contributed by atoms with Gasteiger partial charge in [0.1, 0.15) is 11.5 Å². The third-order valence-electron chi connectivity index (χ3n) is 4.15. The zero-order chi connectivity index (χ0) is 21.8. The topological polar surface area (TPSA) is 107 Å². The molecule has 8 nitrogen and oxygen atoms in total. The summed E-state index contributed by atoms with van der Waals surface area (Å²) in [6.45, 7) is 0. The number of amides is 2. The van der Waals surface area contributed by atoms with Crippen LogP contribution in [-0.2, 0) is 9.59 Å². The monoisotopic (exact) mass is 410 g/mol. The van der Waals surface area contributed by atoms with E-state index in [1.807, 2.05) is 24.3 Å². The predicted molar refractivity (Wildman–Crippen MR) is 116 cm³/mol. The molecule has 0 bridgehead atoms. The molecule has 2 rings (SSSR count). The molecule has 0 saturated carbocycles. The summed E-state index contributed by atoms with van der Waals surface area (Å²) in [6.07, 6.45) is 4.61. The Morgan fingerprint density at radius 1 is 0.833 bits per heavy atom. The van der Waals surface area contributed by atoms with E-state index in [4.69, 9.17) is 15.2 Å². The van der Waals surface area contributed by atoms with Gasteiger partial charge in [-0.25, -0.2) is 0 Å². The van der Waals surface area contributed by atoms with Gasteiger partial charge in [0.2, 0.25) is 5.91 Å². The van der Waals surface area contributed by atoms with E-state index >= 15 is 0 Å². The molecule has 0 aromatic heterocycles. The van der Waals surface area contributed by atoms with E-state index in [-0.39, 0.29) is 24.7 Å². The van der Waals surface area contributed by atoms with E-state index in [0.29, 0.717) is 12.8 Å². The van der Waals surface area contributed by atoms with Gasteiger partial charge < -0.3 is 15.2 Å². The maximum Gasteiger partial charge on any atom is 0.264 e. The third kappa shape index (κ3) is 7.75. The first kappa shape index (κ1) is 22.6. The molecule has 0 heterocycles. The van der Waals surface area contributed by atoms with Crippen molar-refractivity contribution >= 4 is 24.2 Å². The zero-order valence-electron chi connectivity index (χ0n) is 17.2. The number of nitrogens with two attached hydrogens (primary N) is 1. The van der Waals surface area contributed by atoms with Crippen molar-refractivity contribution in [2.75, 3.05) is 14.2 Å². The molecule has 8 heteroatoms. The lowest BCUT2D eigenvalue weighted by Crippen LogP contribution is -2.21. The second-order valence-electron chi connectivity index (χ2n) is 6.39.